The van der Waals surface area contributed by atoms with Gasteiger partial charge in [0.25, 0.3) is 5.56 Å². The minimum Gasteiger partial charge on any atom is -0.493 e. The standard InChI is InChI=1S/C39H33ClN2O7S/c1-4-47-37(44)27-16-14-24(15-17-27)23-49-35-28(12-9-13-30(35)46-3)22-31-36(43)42-34(26-18-20-29(40)21-19-26)32(38(45)48-5-2)33(41-39(42)50-31)25-10-7-6-8-11-25/h6-22,34H,4-5,23H2,1-3H3/b31-22-/t34-/m1/s1. The molecule has 0 aliphatic carbocycles. The predicted octanol–water partition coefficient (Wildman–Crippen LogP) is 6.35. The summed E-state index contributed by atoms with van der Waals surface area (Å²) < 4.78 is 24.4. The van der Waals surface area contributed by atoms with Gasteiger partial charge < -0.3 is 18.9 Å². The number of aromatic nitrogens is 1. The monoisotopic (exact) mass is 708 g/mol. The van der Waals surface area contributed by atoms with Crippen LogP contribution in [0.3, 0.4) is 0 Å². The molecule has 0 saturated heterocycles. The molecular weight excluding hydrogens is 676 g/mol. The summed E-state index contributed by atoms with van der Waals surface area (Å²) in [6, 6.07) is 27.9. The van der Waals surface area contributed by atoms with E-state index in [9.17, 15) is 14.4 Å². The van der Waals surface area contributed by atoms with Crippen molar-refractivity contribution in [2.24, 2.45) is 4.99 Å². The Morgan fingerprint density at radius 1 is 0.880 bits per heavy atom. The fourth-order valence-electron chi connectivity index (χ4n) is 5.61. The van der Waals surface area contributed by atoms with Gasteiger partial charge in [0, 0.05) is 16.1 Å². The number of halogens is 1. The first kappa shape index (κ1) is 34.4. The van der Waals surface area contributed by atoms with E-state index in [2.05, 4.69) is 0 Å². The lowest BCUT2D eigenvalue weighted by molar-refractivity contribution is -0.138. The van der Waals surface area contributed by atoms with Gasteiger partial charge in [-0.15, -0.1) is 0 Å². The van der Waals surface area contributed by atoms with Crippen molar-refractivity contribution in [1.82, 2.24) is 4.57 Å². The van der Waals surface area contributed by atoms with Gasteiger partial charge in [0.2, 0.25) is 0 Å². The van der Waals surface area contributed by atoms with Gasteiger partial charge in [0.1, 0.15) is 6.61 Å². The van der Waals surface area contributed by atoms with E-state index in [1.54, 1.807) is 81.6 Å². The maximum atomic E-state index is 14.4. The summed E-state index contributed by atoms with van der Waals surface area (Å²) in [7, 11) is 1.54. The summed E-state index contributed by atoms with van der Waals surface area (Å²) in [5.41, 5.74) is 3.59. The number of carbonyl (C=O) groups excluding carboxylic acids is 2. The molecule has 50 heavy (non-hydrogen) atoms. The molecule has 0 bridgehead atoms. The Morgan fingerprint density at radius 3 is 2.26 bits per heavy atom. The maximum absolute atomic E-state index is 14.4. The molecule has 0 radical (unpaired) electrons. The van der Waals surface area contributed by atoms with Crippen molar-refractivity contribution in [3.05, 3.63) is 155 Å². The number of hydrogen-bond acceptors (Lipinski definition) is 9. The summed E-state index contributed by atoms with van der Waals surface area (Å²) in [5, 5.41) is 0.520. The van der Waals surface area contributed by atoms with E-state index in [1.165, 1.54) is 15.9 Å². The lowest BCUT2D eigenvalue weighted by Gasteiger charge is -2.26. The highest BCUT2D eigenvalue weighted by Crippen LogP contribution is 2.36. The zero-order valence-electron chi connectivity index (χ0n) is 27.6. The molecule has 5 aromatic rings. The van der Waals surface area contributed by atoms with Crippen LogP contribution in [0.1, 0.15) is 52.5 Å². The van der Waals surface area contributed by atoms with Gasteiger partial charge >= 0.3 is 11.9 Å². The first-order valence-electron chi connectivity index (χ1n) is 15.9. The minimum absolute atomic E-state index is 0.149. The second-order valence-electron chi connectivity index (χ2n) is 11.1. The SMILES string of the molecule is CCOC(=O)C1=C(c2ccccc2)N=c2s/c(=C\c3cccc(OC)c3OCc3ccc(C(=O)OCC)cc3)c(=O)n2[C@@H]1c1ccc(Cl)cc1. The third-order valence-electron chi connectivity index (χ3n) is 7.92. The molecule has 1 aliphatic rings. The number of rotatable bonds is 11. The van der Waals surface area contributed by atoms with Gasteiger partial charge in [0.05, 0.1) is 47.7 Å². The Kier molecular flexibility index (Phi) is 10.6. The van der Waals surface area contributed by atoms with Gasteiger partial charge in [0.15, 0.2) is 16.3 Å². The molecule has 4 aromatic carbocycles. The highest BCUT2D eigenvalue weighted by atomic mass is 35.5. The summed E-state index contributed by atoms with van der Waals surface area (Å²) in [6.07, 6.45) is 1.74. The lowest BCUT2D eigenvalue weighted by Crippen LogP contribution is -2.40. The first-order chi connectivity index (χ1) is 24.3. The predicted molar refractivity (Wildman–Crippen MR) is 192 cm³/mol. The molecule has 0 spiro atoms. The van der Waals surface area contributed by atoms with Crippen molar-refractivity contribution in [3.63, 3.8) is 0 Å². The van der Waals surface area contributed by atoms with E-state index in [0.717, 1.165) is 5.56 Å². The zero-order valence-corrected chi connectivity index (χ0v) is 29.1. The normalized spacial score (nSPS) is 14.1. The molecule has 6 rings (SSSR count). The Hall–Kier alpha value is -5.45. The topological polar surface area (TPSA) is 105 Å². The van der Waals surface area contributed by atoms with E-state index < -0.39 is 18.0 Å². The quantitative estimate of drug-likeness (QED) is 0.147. The zero-order chi connectivity index (χ0) is 35.2. The van der Waals surface area contributed by atoms with E-state index in [-0.39, 0.29) is 24.3 Å². The van der Waals surface area contributed by atoms with Crippen LogP contribution < -0.4 is 24.4 Å². The molecule has 1 atom stereocenters. The number of fused-ring (bicyclic) bond motifs is 1. The van der Waals surface area contributed by atoms with Crippen LogP contribution >= 0.6 is 22.9 Å². The molecule has 0 N–H and O–H groups in total. The Balaban J connectivity index is 1.47. The summed E-state index contributed by atoms with van der Waals surface area (Å²) in [4.78, 5) is 45.5. The van der Waals surface area contributed by atoms with Crippen molar-refractivity contribution < 1.29 is 28.5 Å². The van der Waals surface area contributed by atoms with Crippen LogP contribution in [0.2, 0.25) is 5.02 Å². The molecule has 0 unspecified atom stereocenters. The van der Waals surface area contributed by atoms with Gasteiger partial charge in [-0.25, -0.2) is 14.6 Å². The summed E-state index contributed by atoms with van der Waals surface area (Å²) >= 11 is 7.46. The average molecular weight is 709 g/mol. The number of esters is 2. The molecule has 11 heteroatoms. The van der Waals surface area contributed by atoms with Gasteiger partial charge in [-0.3, -0.25) is 9.36 Å². The van der Waals surface area contributed by atoms with Crippen molar-refractivity contribution in [1.29, 1.82) is 0 Å². The Bertz CT molecular complexity index is 2240. The molecule has 9 nitrogen and oxygen atoms in total. The number of thiazole rings is 1. The van der Waals surface area contributed by atoms with Crippen LogP contribution in [0.5, 0.6) is 11.5 Å². The number of methoxy groups -OCH3 is 1. The van der Waals surface area contributed by atoms with Crippen LogP contribution in [0.4, 0.5) is 0 Å². The second-order valence-corrected chi connectivity index (χ2v) is 12.5. The first-order valence-corrected chi connectivity index (χ1v) is 17.1. The van der Waals surface area contributed by atoms with Crippen LogP contribution in [0, 0.1) is 0 Å². The van der Waals surface area contributed by atoms with Crippen LogP contribution in [0.15, 0.2) is 112 Å². The van der Waals surface area contributed by atoms with Gasteiger partial charge in [-0.1, -0.05) is 89.7 Å². The number of nitrogens with zero attached hydrogens (tertiary/aromatic N) is 2. The second kappa shape index (κ2) is 15.4. The molecule has 1 aromatic heterocycles. The third-order valence-corrected chi connectivity index (χ3v) is 9.16. The highest BCUT2D eigenvalue weighted by molar-refractivity contribution is 7.07. The lowest BCUT2D eigenvalue weighted by atomic mass is 9.93. The smallest absolute Gasteiger partial charge is 0.338 e. The van der Waals surface area contributed by atoms with Crippen molar-refractivity contribution in [2.45, 2.75) is 26.5 Å². The number of carbonyl (C=O) groups is 2. The van der Waals surface area contributed by atoms with Gasteiger partial charge in [-0.05, 0) is 61.4 Å². The molecule has 0 saturated carbocycles. The van der Waals surface area contributed by atoms with E-state index in [4.69, 9.17) is 35.5 Å². The fraction of sp³-hybridized carbons (Fsp3) is 0.179. The third kappa shape index (κ3) is 7.12. The average Bonchev–Trinajstić information content (AvgIpc) is 3.45. The van der Waals surface area contributed by atoms with E-state index >= 15 is 0 Å². The van der Waals surface area contributed by atoms with Crippen LogP contribution in [0.25, 0.3) is 11.8 Å². The summed E-state index contributed by atoms with van der Waals surface area (Å²) in [5.74, 6) is -0.0495. The van der Waals surface area contributed by atoms with Crippen molar-refractivity contribution in [2.75, 3.05) is 20.3 Å². The van der Waals surface area contributed by atoms with Crippen LogP contribution in [-0.4, -0.2) is 36.8 Å². The molecule has 1 aliphatic heterocycles. The largest absolute Gasteiger partial charge is 0.493 e. The molecule has 0 fully saturated rings. The van der Waals surface area contributed by atoms with Crippen molar-refractivity contribution >= 4 is 46.6 Å². The minimum atomic E-state index is -0.835. The highest BCUT2D eigenvalue weighted by Gasteiger charge is 2.35. The molecule has 254 valence electrons. The number of ether oxygens (including phenoxy) is 4. The van der Waals surface area contributed by atoms with E-state index in [0.29, 0.717) is 60.4 Å². The molecule has 0 amide bonds. The van der Waals surface area contributed by atoms with Gasteiger partial charge in [-0.2, -0.15) is 0 Å². The number of hydrogen-bond donors (Lipinski definition) is 0. The summed E-state index contributed by atoms with van der Waals surface area (Å²) in [6.45, 7) is 4.11. The fourth-order valence-corrected chi connectivity index (χ4v) is 6.73. The number of para-hydroxylation sites is 1. The Labute approximate surface area is 297 Å². The Morgan fingerprint density at radius 2 is 1.58 bits per heavy atom. The molecule has 2 heterocycles. The maximum Gasteiger partial charge on any atom is 0.338 e. The van der Waals surface area contributed by atoms with E-state index in [1.807, 2.05) is 42.5 Å². The van der Waals surface area contributed by atoms with Crippen molar-refractivity contribution in [3.8, 4) is 11.5 Å². The number of benzene rings is 4. The van der Waals surface area contributed by atoms with Crippen LogP contribution in [-0.2, 0) is 20.9 Å². The molecular formula is C39H33ClN2O7S.